The van der Waals surface area contributed by atoms with Gasteiger partial charge in [0.25, 0.3) is 5.56 Å². The minimum absolute atomic E-state index is 0.209. The number of urea groups is 1. The van der Waals surface area contributed by atoms with Crippen molar-refractivity contribution >= 4 is 38.8 Å². The summed E-state index contributed by atoms with van der Waals surface area (Å²) >= 11 is 3.43. The van der Waals surface area contributed by atoms with Gasteiger partial charge < -0.3 is 15.0 Å². The van der Waals surface area contributed by atoms with Crippen LogP contribution in [0.1, 0.15) is 39.1 Å². The molecule has 33 heavy (non-hydrogen) atoms. The number of fused-ring (bicyclic) bond motifs is 1. The van der Waals surface area contributed by atoms with Crippen molar-refractivity contribution in [2.24, 2.45) is 0 Å². The highest BCUT2D eigenvalue weighted by atomic mass is 79.9. The zero-order valence-corrected chi connectivity index (χ0v) is 20.5. The van der Waals surface area contributed by atoms with Crippen LogP contribution in [0.15, 0.2) is 57.8 Å². The first-order chi connectivity index (χ1) is 15.9. The first-order valence-corrected chi connectivity index (χ1v) is 11.7. The standard InChI is InChI=1S/C24H27BrN4O4/c1-4-20(28(5-2)24(32)26-15-21(30)33-6-3)22-27-19-10-8-7-9-18(19)23(31)29(22)17-13-11-16(25)12-14-17/h7-14,20H,4-6,15H2,1-3H3,(H,26,32). The Kier molecular flexibility index (Phi) is 8.21. The molecular weight excluding hydrogens is 488 g/mol. The van der Waals surface area contributed by atoms with Crippen molar-refractivity contribution in [3.8, 4) is 5.69 Å². The number of halogens is 1. The lowest BCUT2D eigenvalue weighted by Crippen LogP contribution is -2.45. The van der Waals surface area contributed by atoms with Crippen molar-refractivity contribution < 1.29 is 14.3 Å². The number of carbonyl (C=O) groups excluding carboxylic acids is 2. The number of benzene rings is 2. The van der Waals surface area contributed by atoms with Crippen LogP contribution in [0, 0.1) is 0 Å². The average molecular weight is 515 g/mol. The number of esters is 1. The summed E-state index contributed by atoms with van der Waals surface area (Å²) in [6.07, 6.45) is 0.516. The van der Waals surface area contributed by atoms with E-state index in [9.17, 15) is 14.4 Å². The van der Waals surface area contributed by atoms with Crippen LogP contribution in [0.25, 0.3) is 16.6 Å². The molecule has 1 heterocycles. The second-order valence-corrected chi connectivity index (χ2v) is 8.19. The summed E-state index contributed by atoms with van der Waals surface area (Å²) in [4.78, 5) is 44.6. The maximum absolute atomic E-state index is 13.6. The topological polar surface area (TPSA) is 93.5 Å². The van der Waals surface area contributed by atoms with Crippen LogP contribution < -0.4 is 10.9 Å². The maximum atomic E-state index is 13.6. The number of nitrogens with zero attached hydrogens (tertiary/aromatic N) is 3. The normalized spacial score (nSPS) is 11.8. The molecule has 9 heteroatoms. The fourth-order valence-corrected chi connectivity index (χ4v) is 3.99. The molecule has 0 aliphatic heterocycles. The lowest BCUT2D eigenvalue weighted by molar-refractivity contribution is -0.141. The van der Waals surface area contributed by atoms with Crippen LogP contribution in [-0.4, -0.2) is 46.1 Å². The molecule has 3 rings (SSSR count). The van der Waals surface area contributed by atoms with Crippen LogP contribution in [0.5, 0.6) is 0 Å². The number of carbonyl (C=O) groups is 2. The molecule has 0 saturated heterocycles. The molecule has 2 amide bonds. The SMILES string of the molecule is CCOC(=O)CNC(=O)N(CC)C(CC)c1nc2ccccc2c(=O)n1-c1ccc(Br)cc1. The molecular formula is C24H27BrN4O4. The van der Waals surface area contributed by atoms with Crippen LogP contribution in [0.3, 0.4) is 0 Å². The molecule has 2 aromatic carbocycles. The molecule has 1 atom stereocenters. The third-order valence-electron chi connectivity index (χ3n) is 5.24. The van der Waals surface area contributed by atoms with Gasteiger partial charge in [-0.3, -0.25) is 14.2 Å². The molecule has 1 N–H and O–H groups in total. The first-order valence-electron chi connectivity index (χ1n) is 10.9. The van der Waals surface area contributed by atoms with E-state index in [-0.39, 0.29) is 18.7 Å². The van der Waals surface area contributed by atoms with Crippen molar-refractivity contribution in [3.05, 3.63) is 69.2 Å². The quantitative estimate of drug-likeness (QED) is 0.454. The summed E-state index contributed by atoms with van der Waals surface area (Å²) in [5.74, 6) is -0.0535. The van der Waals surface area contributed by atoms with Crippen LogP contribution in [-0.2, 0) is 9.53 Å². The number of nitrogens with one attached hydrogen (secondary N) is 1. The maximum Gasteiger partial charge on any atom is 0.325 e. The van der Waals surface area contributed by atoms with E-state index in [2.05, 4.69) is 21.2 Å². The van der Waals surface area contributed by atoms with Gasteiger partial charge in [0.05, 0.1) is 29.2 Å². The fourth-order valence-electron chi connectivity index (χ4n) is 3.72. The summed E-state index contributed by atoms with van der Waals surface area (Å²) in [5, 5.41) is 3.11. The van der Waals surface area contributed by atoms with Gasteiger partial charge in [0.15, 0.2) is 0 Å². The third-order valence-corrected chi connectivity index (χ3v) is 5.77. The fraction of sp³-hybridized carbons (Fsp3) is 0.333. The molecule has 0 bridgehead atoms. The van der Waals surface area contributed by atoms with Crippen molar-refractivity contribution in [2.45, 2.75) is 33.2 Å². The number of aromatic nitrogens is 2. The van der Waals surface area contributed by atoms with Gasteiger partial charge >= 0.3 is 12.0 Å². The van der Waals surface area contributed by atoms with Gasteiger partial charge in [-0.05, 0) is 56.7 Å². The van der Waals surface area contributed by atoms with E-state index in [0.29, 0.717) is 35.4 Å². The number of hydrogen-bond donors (Lipinski definition) is 1. The van der Waals surface area contributed by atoms with E-state index in [1.807, 2.05) is 44.2 Å². The Balaban J connectivity index is 2.11. The molecule has 0 aliphatic rings. The Morgan fingerprint density at radius 3 is 2.45 bits per heavy atom. The molecule has 0 fully saturated rings. The first kappa shape index (κ1) is 24.4. The van der Waals surface area contributed by atoms with Gasteiger partial charge in [-0.2, -0.15) is 0 Å². The van der Waals surface area contributed by atoms with Crippen molar-refractivity contribution in [2.75, 3.05) is 19.7 Å². The van der Waals surface area contributed by atoms with Gasteiger partial charge in [-0.15, -0.1) is 0 Å². The molecule has 174 valence electrons. The van der Waals surface area contributed by atoms with Crippen molar-refractivity contribution in [1.82, 2.24) is 19.8 Å². The zero-order chi connectivity index (χ0) is 24.0. The highest BCUT2D eigenvalue weighted by Crippen LogP contribution is 2.26. The Bertz CT molecular complexity index is 1190. The lowest BCUT2D eigenvalue weighted by atomic mass is 10.1. The van der Waals surface area contributed by atoms with Crippen LogP contribution in [0.4, 0.5) is 4.79 Å². The minimum Gasteiger partial charge on any atom is -0.465 e. The number of rotatable bonds is 8. The Labute approximate surface area is 200 Å². The second kappa shape index (κ2) is 11.1. The van der Waals surface area contributed by atoms with E-state index < -0.39 is 18.0 Å². The summed E-state index contributed by atoms with van der Waals surface area (Å²) in [6, 6.07) is 13.6. The molecule has 1 aromatic heterocycles. The monoisotopic (exact) mass is 514 g/mol. The van der Waals surface area contributed by atoms with E-state index in [1.54, 1.807) is 34.6 Å². The number of ether oxygens (including phenoxy) is 1. The van der Waals surface area contributed by atoms with Gasteiger partial charge in [-0.1, -0.05) is 35.0 Å². The zero-order valence-electron chi connectivity index (χ0n) is 18.9. The summed E-state index contributed by atoms with van der Waals surface area (Å²) in [7, 11) is 0. The van der Waals surface area contributed by atoms with E-state index in [1.165, 1.54) is 0 Å². The Morgan fingerprint density at radius 1 is 1.12 bits per heavy atom. The smallest absolute Gasteiger partial charge is 0.325 e. The predicted molar refractivity (Wildman–Crippen MR) is 130 cm³/mol. The van der Waals surface area contributed by atoms with E-state index >= 15 is 0 Å². The van der Waals surface area contributed by atoms with Gasteiger partial charge in [0.2, 0.25) is 0 Å². The molecule has 0 aliphatic carbocycles. The van der Waals surface area contributed by atoms with Crippen molar-refractivity contribution in [1.29, 1.82) is 0 Å². The number of amides is 2. The van der Waals surface area contributed by atoms with E-state index in [4.69, 9.17) is 9.72 Å². The third kappa shape index (κ3) is 5.42. The predicted octanol–water partition coefficient (Wildman–Crippen LogP) is 4.19. The molecule has 8 nitrogen and oxygen atoms in total. The minimum atomic E-state index is -0.509. The lowest BCUT2D eigenvalue weighted by Gasteiger charge is -2.31. The van der Waals surface area contributed by atoms with Gasteiger partial charge in [0.1, 0.15) is 12.4 Å². The largest absolute Gasteiger partial charge is 0.465 e. The van der Waals surface area contributed by atoms with Gasteiger partial charge in [0, 0.05) is 11.0 Å². The molecule has 0 saturated carbocycles. The average Bonchev–Trinajstić information content (AvgIpc) is 2.82. The summed E-state index contributed by atoms with van der Waals surface area (Å²) < 4.78 is 7.34. The van der Waals surface area contributed by atoms with E-state index in [0.717, 1.165) is 4.47 Å². The summed E-state index contributed by atoms with van der Waals surface area (Å²) in [5.41, 5.74) is 1.00. The Hall–Kier alpha value is -3.20. The highest BCUT2D eigenvalue weighted by molar-refractivity contribution is 9.10. The Morgan fingerprint density at radius 2 is 1.82 bits per heavy atom. The molecule has 1 unspecified atom stereocenters. The highest BCUT2D eigenvalue weighted by Gasteiger charge is 2.28. The molecule has 0 spiro atoms. The molecule has 0 radical (unpaired) electrons. The second-order valence-electron chi connectivity index (χ2n) is 7.28. The van der Waals surface area contributed by atoms with Gasteiger partial charge in [-0.25, -0.2) is 9.78 Å². The number of hydrogen-bond acceptors (Lipinski definition) is 5. The molecule has 3 aromatic rings. The van der Waals surface area contributed by atoms with Crippen LogP contribution >= 0.6 is 15.9 Å². The summed E-state index contributed by atoms with van der Waals surface area (Å²) in [6.45, 7) is 5.84. The van der Waals surface area contributed by atoms with Crippen LogP contribution in [0.2, 0.25) is 0 Å². The van der Waals surface area contributed by atoms with Crippen molar-refractivity contribution in [3.63, 3.8) is 0 Å². The number of para-hydroxylation sites is 1.